The van der Waals surface area contributed by atoms with Crippen molar-refractivity contribution in [2.45, 2.75) is 19.3 Å². The van der Waals surface area contributed by atoms with Crippen LogP contribution in [0.5, 0.6) is 0 Å². The summed E-state index contributed by atoms with van der Waals surface area (Å²) in [4.78, 5) is 12.7. The third-order valence-corrected chi connectivity index (χ3v) is 4.92. The molecule has 1 amide bonds. The van der Waals surface area contributed by atoms with E-state index in [0.29, 0.717) is 22.2 Å². The van der Waals surface area contributed by atoms with Crippen molar-refractivity contribution in [3.05, 3.63) is 70.9 Å². The molecule has 1 saturated carbocycles. The maximum absolute atomic E-state index is 12.7. The van der Waals surface area contributed by atoms with E-state index in [1.54, 1.807) is 0 Å². The van der Waals surface area contributed by atoms with Gasteiger partial charge in [0.25, 0.3) is 0 Å². The van der Waals surface area contributed by atoms with Gasteiger partial charge in [-0.15, -0.1) is 0 Å². The summed E-state index contributed by atoms with van der Waals surface area (Å²) < 4.78 is 5.43. The van der Waals surface area contributed by atoms with Crippen molar-refractivity contribution in [3.8, 4) is 11.3 Å². The van der Waals surface area contributed by atoms with Gasteiger partial charge in [-0.05, 0) is 30.9 Å². The zero-order valence-electron chi connectivity index (χ0n) is 13.7. The van der Waals surface area contributed by atoms with Crippen LogP contribution in [0, 0.1) is 12.8 Å². The average molecular weight is 353 g/mol. The number of aromatic nitrogens is 1. The lowest BCUT2D eigenvalue weighted by atomic mass is 10.1. The lowest BCUT2D eigenvalue weighted by Crippen LogP contribution is -2.15. The minimum atomic E-state index is -0.0715. The highest BCUT2D eigenvalue weighted by Gasteiger charge is 2.45. The number of benzene rings is 2. The van der Waals surface area contributed by atoms with E-state index in [1.165, 1.54) is 0 Å². The Morgan fingerprint density at radius 2 is 1.88 bits per heavy atom. The van der Waals surface area contributed by atoms with Crippen LogP contribution in [-0.4, -0.2) is 11.1 Å². The smallest absolute Gasteiger partial charge is 0.228 e. The second-order valence-corrected chi connectivity index (χ2v) is 6.70. The quantitative estimate of drug-likeness (QED) is 0.715. The van der Waals surface area contributed by atoms with E-state index < -0.39 is 0 Å². The van der Waals surface area contributed by atoms with Gasteiger partial charge in [0.15, 0.2) is 5.76 Å². The number of aryl methyl sites for hydroxylation is 1. The van der Waals surface area contributed by atoms with Gasteiger partial charge in [-0.25, -0.2) is 0 Å². The highest BCUT2D eigenvalue weighted by molar-refractivity contribution is 6.31. The molecule has 1 aliphatic rings. The van der Waals surface area contributed by atoms with Gasteiger partial charge in [-0.3, -0.25) is 4.79 Å². The fraction of sp³-hybridized carbons (Fsp3) is 0.200. The SMILES string of the molecule is Cc1noc(-c2ccccc2)c1NC(=O)[C@H]1C[C@@H]1c1ccccc1Cl. The predicted octanol–water partition coefficient (Wildman–Crippen LogP) is 5.05. The number of hydrogen-bond acceptors (Lipinski definition) is 3. The van der Waals surface area contributed by atoms with Gasteiger partial charge in [0.1, 0.15) is 11.4 Å². The number of nitrogens with zero attached hydrogens (tertiary/aromatic N) is 1. The molecule has 4 rings (SSSR count). The van der Waals surface area contributed by atoms with Crippen LogP contribution in [0.4, 0.5) is 5.69 Å². The van der Waals surface area contributed by atoms with Crippen molar-refractivity contribution < 1.29 is 9.32 Å². The van der Waals surface area contributed by atoms with E-state index in [0.717, 1.165) is 17.5 Å². The second kappa shape index (κ2) is 6.37. The topological polar surface area (TPSA) is 55.1 Å². The van der Waals surface area contributed by atoms with E-state index in [4.69, 9.17) is 16.1 Å². The summed E-state index contributed by atoms with van der Waals surface area (Å²) in [6.07, 6.45) is 0.806. The molecule has 0 saturated heterocycles. The van der Waals surface area contributed by atoms with Crippen LogP contribution in [0.3, 0.4) is 0 Å². The minimum Gasteiger partial charge on any atom is -0.354 e. The van der Waals surface area contributed by atoms with Gasteiger partial charge >= 0.3 is 0 Å². The van der Waals surface area contributed by atoms with E-state index in [9.17, 15) is 4.79 Å². The molecular formula is C20H17ClN2O2. The number of halogens is 1. The van der Waals surface area contributed by atoms with Crippen molar-refractivity contribution in [1.82, 2.24) is 5.16 Å². The molecule has 25 heavy (non-hydrogen) atoms. The zero-order chi connectivity index (χ0) is 17.4. The van der Waals surface area contributed by atoms with Crippen molar-refractivity contribution in [1.29, 1.82) is 0 Å². The van der Waals surface area contributed by atoms with Gasteiger partial charge in [0, 0.05) is 16.5 Å². The first-order valence-electron chi connectivity index (χ1n) is 8.22. The molecule has 2 atom stereocenters. The van der Waals surface area contributed by atoms with Crippen LogP contribution in [0.25, 0.3) is 11.3 Å². The zero-order valence-corrected chi connectivity index (χ0v) is 14.5. The molecule has 0 unspecified atom stereocenters. The minimum absolute atomic E-state index is 0.0200. The molecular weight excluding hydrogens is 336 g/mol. The molecule has 1 aliphatic carbocycles. The Bertz CT molecular complexity index is 920. The van der Waals surface area contributed by atoms with Crippen LogP contribution < -0.4 is 5.32 Å². The molecule has 4 nitrogen and oxygen atoms in total. The summed E-state index contributed by atoms with van der Waals surface area (Å²) >= 11 is 6.25. The number of carbonyl (C=O) groups is 1. The standard InChI is InChI=1S/C20H17ClN2O2/c1-12-18(19(25-23-12)13-7-3-2-4-8-13)22-20(24)16-11-15(16)14-9-5-6-10-17(14)21/h2-10,15-16H,11H2,1H3,(H,22,24)/t15-,16+/m1/s1. The van der Waals surface area contributed by atoms with Gasteiger partial charge in [0.2, 0.25) is 5.91 Å². The maximum atomic E-state index is 12.7. The molecule has 0 bridgehead atoms. The number of amides is 1. The fourth-order valence-electron chi connectivity index (χ4n) is 3.12. The number of rotatable bonds is 4. The molecule has 3 aromatic rings. The predicted molar refractivity (Wildman–Crippen MR) is 97.6 cm³/mol. The van der Waals surface area contributed by atoms with E-state index in [-0.39, 0.29) is 17.7 Å². The third-order valence-electron chi connectivity index (χ3n) is 4.58. The van der Waals surface area contributed by atoms with Crippen molar-refractivity contribution >= 4 is 23.2 Å². The largest absolute Gasteiger partial charge is 0.354 e. The van der Waals surface area contributed by atoms with Gasteiger partial charge in [-0.1, -0.05) is 65.3 Å². The normalized spacial score (nSPS) is 18.8. The number of anilines is 1. The van der Waals surface area contributed by atoms with Gasteiger partial charge in [0.05, 0.1) is 0 Å². The van der Waals surface area contributed by atoms with Crippen LogP contribution >= 0.6 is 11.6 Å². The molecule has 0 radical (unpaired) electrons. The Balaban J connectivity index is 1.53. The summed E-state index contributed by atoms with van der Waals surface area (Å²) in [6, 6.07) is 17.3. The molecule has 1 N–H and O–H groups in total. The lowest BCUT2D eigenvalue weighted by molar-refractivity contribution is -0.117. The molecule has 0 spiro atoms. The summed E-state index contributed by atoms with van der Waals surface area (Å²) in [6.45, 7) is 1.82. The molecule has 1 fully saturated rings. The molecule has 126 valence electrons. The van der Waals surface area contributed by atoms with Crippen LogP contribution in [0.1, 0.15) is 23.6 Å². The van der Waals surface area contributed by atoms with E-state index >= 15 is 0 Å². The van der Waals surface area contributed by atoms with E-state index in [1.807, 2.05) is 61.5 Å². The summed E-state index contributed by atoms with van der Waals surface area (Å²) in [7, 11) is 0. The summed E-state index contributed by atoms with van der Waals surface area (Å²) in [5, 5.41) is 7.72. The maximum Gasteiger partial charge on any atom is 0.228 e. The molecule has 5 heteroatoms. The average Bonchev–Trinajstić information content (AvgIpc) is 3.35. The van der Waals surface area contributed by atoms with Gasteiger partial charge < -0.3 is 9.84 Å². The number of carbonyl (C=O) groups excluding carboxylic acids is 1. The van der Waals surface area contributed by atoms with Crippen molar-refractivity contribution in [3.63, 3.8) is 0 Å². The highest BCUT2D eigenvalue weighted by atomic mass is 35.5. The van der Waals surface area contributed by atoms with Crippen LogP contribution in [0.15, 0.2) is 59.1 Å². The van der Waals surface area contributed by atoms with E-state index in [2.05, 4.69) is 10.5 Å². The first-order chi connectivity index (χ1) is 12.1. The van der Waals surface area contributed by atoms with Crippen LogP contribution in [0.2, 0.25) is 5.02 Å². The third kappa shape index (κ3) is 3.05. The van der Waals surface area contributed by atoms with Crippen molar-refractivity contribution in [2.75, 3.05) is 5.32 Å². The van der Waals surface area contributed by atoms with Gasteiger partial charge in [-0.2, -0.15) is 0 Å². The first-order valence-corrected chi connectivity index (χ1v) is 8.60. The van der Waals surface area contributed by atoms with Crippen molar-refractivity contribution in [2.24, 2.45) is 5.92 Å². The number of nitrogens with one attached hydrogen (secondary N) is 1. The monoisotopic (exact) mass is 352 g/mol. The Hall–Kier alpha value is -2.59. The Labute approximate surface area is 150 Å². The Morgan fingerprint density at radius 1 is 1.16 bits per heavy atom. The van der Waals surface area contributed by atoms with Crippen LogP contribution in [-0.2, 0) is 4.79 Å². The highest BCUT2D eigenvalue weighted by Crippen LogP contribution is 2.50. The molecule has 0 aliphatic heterocycles. The number of hydrogen-bond donors (Lipinski definition) is 1. The Kier molecular flexibility index (Phi) is 4.06. The lowest BCUT2D eigenvalue weighted by Gasteiger charge is -2.06. The summed E-state index contributed by atoms with van der Waals surface area (Å²) in [5.41, 5.74) is 3.23. The Morgan fingerprint density at radius 3 is 2.64 bits per heavy atom. The molecule has 1 heterocycles. The fourth-order valence-corrected chi connectivity index (χ4v) is 3.40. The summed E-state index contributed by atoms with van der Waals surface area (Å²) in [5.74, 6) is 0.668. The molecule has 2 aromatic carbocycles. The first kappa shape index (κ1) is 15.9. The second-order valence-electron chi connectivity index (χ2n) is 6.30. The molecule has 1 aromatic heterocycles.